The molecule has 13 heterocycles. The van der Waals surface area contributed by atoms with Gasteiger partial charge in [0, 0.05) is 155 Å². The van der Waals surface area contributed by atoms with Gasteiger partial charge < -0.3 is 45.8 Å². The van der Waals surface area contributed by atoms with E-state index in [1.165, 1.54) is 10.8 Å². The van der Waals surface area contributed by atoms with Gasteiger partial charge in [-0.3, -0.25) is 28.6 Å². The van der Waals surface area contributed by atoms with E-state index in [0.717, 1.165) is 113 Å². The summed E-state index contributed by atoms with van der Waals surface area (Å²) >= 11 is 0. The van der Waals surface area contributed by atoms with E-state index in [4.69, 9.17) is 9.47 Å². The topological polar surface area (TPSA) is 192 Å². The number of alkyl halides is 3. The zero-order valence-corrected chi connectivity index (χ0v) is 55.9. The van der Waals surface area contributed by atoms with Crippen LogP contribution in [0.1, 0.15) is 52.0 Å². The quantitative estimate of drug-likeness (QED) is 0.100. The first-order valence-electron chi connectivity index (χ1n) is 31.5. The number of halogens is 3. The first kappa shape index (κ1) is 67.8. The van der Waals surface area contributed by atoms with Gasteiger partial charge in [0.2, 0.25) is 0 Å². The lowest BCUT2D eigenvalue weighted by molar-refractivity contribution is -0.176. The molecular formula is C75H73F3N14O6. The predicted octanol–water partition coefficient (Wildman–Crippen LogP) is 12.4. The van der Waals surface area contributed by atoms with Gasteiger partial charge >= 0.3 is 6.18 Å². The van der Waals surface area contributed by atoms with E-state index in [9.17, 15) is 32.3 Å². The van der Waals surface area contributed by atoms with E-state index in [2.05, 4.69) is 63.1 Å². The zero-order chi connectivity index (χ0) is 69.5. The number of anilines is 2. The van der Waals surface area contributed by atoms with E-state index >= 15 is 0 Å². The lowest BCUT2D eigenvalue weighted by Gasteiger charge is -2.18. The predicted molar refractivity (Wildman–Crippen MR) is 375 cm³/mol. The van der Waals surface area contributed by atoms with E-state index < -0.39 is 12.8 Å². The Balaban J connectivity index is 0.000000132. The van der Waals surface area contributed by atoms with Crippen LogP contribution in [0.15, 0.2) is 221 Å². The summed E-state index contributed by atoms with van der Waals surface area (Å²) in [4.78, 5) is 71.6. The Morgan fingerprint density at radius 3 is 1.17 bits per heavy atom. The van der Waals surface area contributed by atoms with Crippen molar-refractivity contribution in [2.24, 2.45) is 28.2 Å². The second-order valence-corrected chi connectivity index (χ2v) is 23.9. The summed E-state index contributed by atoms with van der Waals surface area (Å²) in [6.45, 7) is 8.93. The van der Waals surface area contributed by atoms with Crippen molar-refractivity contribution in [3.05, 3.63) is 288 Å². The number of aryl methyl sites for hydroxylation is 8. The third-order valence-electron chi connectivity index (χ3n) is 16.6. The summed E-state index contributed by atoms with van der Waals surface area (Å²) in [5.74, 6) is 0.981. The number of rotatable bonds is 14. The Morgan fingerprint density at radius 2 is 0.786 bits per heavy atom. The second kappa shape index (κ2) is 29.2. The van der Waals surface area contributed by atoms with Crippen molar-refractivity contribution in [2.45, 2.75) is 60.4 Å². The molecule has 0 fully saturated rings. The minimum Gasteiger partial charge on any atom is -0.375 e. The zero-order valence-electron chi connectivity index (χ0n) is 55.9. The van der Waals surface area contributed by atoms with Crippen molar-refractivity contribution < 1.29 is 22.6 Å². The summed E-state index contributed by atoms with van der Waals surface area (Å²) in [6, 6.07) is 39.3. The van der Waals surface area contributed by atoms with Gasteiger partial charge in [0.15, 0.2) is 0 Å². The number of benzene rings is 1. The smallest absolute Gasteiger partial charge is 0.375 e. The number of pyridine rings is 9. The Kier molecular flexibility index (Phi) is 20.2. The maximum atomic E-state index is 12.2. The summed E-state index contributed by atoms with van der Waals surface area (Å²) in [5.41, 5.74) is 18.6. The van der Waals surface area contributed by atoms with Crippen LogP contribution >= 0.6 is 0 Å². The third-order valence-corrected chi connectivity index (χ3v) is 16.6. The van der Waals surface area contributed by atoms with Gasteiger partial charge in [-0.15, -0.1) is 0 Å². The van der Waals surface area contributed by atoms with Gasteiger partial charge in [-0.1, -0.05) is 24.3 Å². The molecule has 0 aliphatic rings. The highest BCUT2D eigenvalue weighted by molar-refractivity contribution is 5.70. The first-order valence-corrected chi connectivity index (χ1v) is 31.5. The van der Waals surface area contributed by atoms with E-state index in [1.54, 1.807) is 83.9 Å². The fourth-order valence-electron chi connectivity index (χ4n) is 11.4. The molecular weight excluding hydrogens is 1250 g/mol. The second-order valence-electron chi connectivity index (χ2n) is 23.9. The molecule has 13 aromatic heterocycles. The van der Waals surface area contributed by atoms with Crippen LogP contribution in [0, 0.1) is 27.7 Å². The van der Waals surface area contributed by atoms with Gasteiger partial charge in [-0.05, 0) is 171 Å². The van der Waals surface area contributed by atoms with Crippen molar-refractivity contribution in [2.75, 3.05) is 25.2 Å². The Labute approximate surface area is 561 Å². The van der Waals surface area contributed by atoms with Gasteiger partial charge in [-0.25, -0.2) is 19.9 Å². The van der Waals surface area contributed by atoms with Crippen LogP contribution in [-0.4, -0.2) is 87.2 Å². The van der Waals surface area contributed by atoms with Gasteiger partial charge in [-0.2, -0.15) is 13.2 Å². The molecule has 1 aromatic carbocycles. The lowest BCUT2D eigenvalue weighted by atomic mass is 10.1. The summed E-state index contributed by atoms with van der Waals surface area (Å²) in [6.07, 6.45) is 20.5. The van der Waals surface area contributed by atoms with Crippen LogP contribution in [0.4, 0.5) is 24.7 Å². The van der Waals surface area contributed by atoms with Crippen molar-refractivity contribution in [1.29, 1.82) is 0 Å². The highest BCUT2D eigenvalue weighted by atomic mass is 19.4. The van der Waals surface area contributed by atoms with Gasteiger partial charge in [0.05, 0.1) is 43.2 Å². The molecule has 500 valence electrons. The SMILES string of the molecule is CCOCc1cnc2ccc(-c3cc(C)c(=O)n(C)c3)cn12.Cc1cc(-c2ccc3ncc(COCC(F)(F)F)n3c2)cn(C)c1=O.Cc1cc(-c2ccc3ncc(Cc4ccccn4)n3c2)cn(C)c1=O.Cc1cc(-c2ccc3ncc(N(C)c4ccccc4)n3c2)cn(C)c1=O. The lowest BCUT2D eigenvalue weighted by Crippen LogP contribution is -2.18. The van der Waals surface area contributed by atoms with Crippen molar-refractivity contribution >= 4 is 34.1 Å². The van der Waals surface area contributed by atoms with Crippen molar-refractivity contribution in [1.82, 2.24) is 60.8 Å². The molecule has 0 N–H and O–H groups in total. The minimum absolute atomic E-state index is 0.0296. The van der Waals surface area contributed by atoms with E-state index in [-0.39, 0.29) is 28.8 Å². The first-order chi connectivity index (χ1) is 47.0. The van der Waals surface area contributed by atoms with Crippen molar-refractivity contribution in [3.8, 4) is 44.5 Å². The van der Waals surface area contributed by atoms with Crippen LogP contribution in [-0.2, 0) is 57.3 Å². The third kappa shape index (κ3) is 15.4. The maximum absolute atomic E-state index is 12.2. The molecule has 0 aliphatic heterocycles. The van der Waals surface area contributed by atoms with E-state index in [0.29, 0.717) is 30.1 Å². The molecule has 0 saturated heterocycles. The molecule has 0 unspecified atom stereocenters. The average Bonchev–Trinajstić information content (AvgIpc) is 1.58. The molecule has 98 heavy (non-hydrogen) atoms. The molecule has 0 spiro atoms. The molecule has 23 heteroatoms. The number of ether oxygens (including phenoxy) is 2. The molecule has 0 atom stereocenters. The average molecular weight is 1320 g/mol. The number of aromatic nitrogens is 13. The van der Waals surface area contributed by atoms with Crippen LogP contribution in [0.5, 0.6) is 0 Å². The molecule has 14 rings (SSSR count). The number of hydrogen-bond donors (Lipinski definition) is 0. The number of fused-ring (bicyclic) bond motifs is 4. The van der Waals surface area contributed by atoms with Crippen molar-refractivity contribution in [3.63, 3.8) is 0 Å². The van der Waals surface area contributed by atoms with Gasteiger partial charge in [0.1, 0.15) is 35.0 Å². The van der Waals surface area contributed by atoms with Crippen LogP contribution in [0.25, 0.3) is 67.1 Å². The number of hydrogen-bond acceptors (Lipinski definition) is 12. The molecule has 20 nitrogen and oxygen atoms in total. The summed E-state index contributed by atoms with van der Waals surface area (Å²) in [7, 11) is 9.03. The van der Waals surface area contributed by atoms with E-state index in [1.807, 2.05) is 180 Å². The maximum Gasteiger partial charge on any atom is 0.411 e. The Morgan fingerprint density at radius 1 is 0.418 bits per heavy atom. The van der Waals surface area contributed by atoms with Crippen LogP contribution < -0.4 is 27.1 Å². The fourth-order valence-corrected chi connectivity index (χ4v) is 11.4. The molecule has 14 aromatic rings. The molecule has 0 amide bonds. The normalized spacial score (nSPS) is 11.4. The Bertz CT molecular complexity index is 5350. The highest BCUT2D eigenvalue weighted by Gasteiger charge is 2.27. The molecule has 0 bridgehead atoms. The number of imidazole rings is 4. The highest BCUT2D eigenvalue weighted by Crippen LogP contribution is 2.29. The summed E-state index contributed by atoms with van der Waals surface area (Å²) < 4.78 is 61.1. The van der Waals surface area contributed by atoms with Crippen LogP contribution in [0.3, 0.4) is 0 Å². The minimum atomic E-state index is -4.36. The number of nitrogens with zero attached hydrogens (tertiary/aromatic N) is 14. The van der Waals surface area contributed by atoms with Gasteiger partial charge in [0.25, 0.3) is 22.2 Å². The summed E-state index contributed by atoms with van der Waals surface area (Å²) in [5, 5.41) is 0. The largest absolute Gasteiger partial charge is 0.411 e. The molecule has 0 aliphatic carbocycles. The Hall–Kier alpha value is -11.6. The number of para-hydroxylation sites is 1. The van der Waals surface area contributed by atoms with Crippen LogP contribution in [0.2, 0.25) is 0 Å². The molecule has 0 saturated carbocycles. The fraction of sp³-hybridized carbons (Fsp3) is 0.213. The standard InChI is InChI=1S/C21H20N4O.C20H18N4O.C17H16F3N3O2.C17H19N3O2/c1-15-11-17(13-23(2)21(15)26)16-9-10-19-22-12-20(25(19)14-16)24(3)18-7-5-4-6-8-18;1-14-9-16(12-23(2)20(14)25)15-6-7-19-22-11-18(24(19)13-15)10-17-5-3-4-8-21-17;1-11-5-13(7-22(2)16(11)24)12-3-4-15-21-6-14(23(15)8-12)9-25-10-17(18,19)20;1-4-22-11-15-8-18-16-6-5-13(10-20(15)16)14-7-12(2)17(21)19(3)9-14/h4-14H,1-3H3;3-9,11-13H,10H2,1-2H3;3-8H,9-10H2,1-2H3;5-10H,4,11H2,1-3H3. The molecule has 0 radical (unpaired) electrons. The monoisotopic (exact) mass is 1320 g/mol.